The second kappa shape index (κ2) is 7.58. The average molecular weight is 400 g/mol. The van der Waals surface area contributed by atoms with Crippen LogP contribution in [0.2, 0.25) is 0 Å². The Morgan fingerprint density at radius 1 is 1.43 bits per heavy atom. The molecule has 8 heteroatoms. The molecule has 0 aliphatic carbocycles. The zero-order valence-corrected chi connectivity index (χ0v) is 15.0. The maximum Gasteiger partial charge on any atom is 0.338 e. The third-order valence-electron chi connectivity index (χ3n) is 2.67. The molecule has 1 rings (SSSR count). The van der Waals surface area contributed by atoms with Gasteiger partial charge in [0.15, 0.2) is 0 Å². The van der Waals surface area contributed by atoms with Crippen molar-refractivity contribution < 1.29 is 22.7 Å². The molecule has 21 heavy (non-hydrogen) atoms. The molecule has 0 N–H and O–H groups in total. The molecule has 0 aliphatic heterocycles. The quantitative estimate of drug-likeness (QED) is 0.542. The molecule has 0 saturated carbocycles. The van der Waals surface area contributed by atoms with Gasteiger partial charge in [-0.3, -0.25) is 0 Å². The first-order chi connectivity index (χ1) is 9.66. The molecule has 0 heterocycles. The van der Waals surface area contributed by atoms with Crippen molar-refractivity contribution in [3.05, 3.63) is 27.7 Å². The first-order valence-corrected chi connectivity index (χ1v) is 9.30. The Morgan fingerprint density at radius 2 is 2.05 bits per heavy atom. The van der Waals surface area contributed by atoms with E-state index in [1.165, 1.54) is 19.1 Å². The van der Waals surface area contributed by atoms with E-state index in [9.17, 15) is 13.2 Å². The van der Waals surface area contributed by atoms with Gasteiger partial charge in [0, 0.05) is 21.8 Å². The zero-order chi connectivity index (χ0) is 16.2. The lowest BCUT2D eigenvalue weighted by Gasteiger charge is -2.15. The molecule has 5 nitrogen and oxygen atoms in total. The molecule has 1 aromatic carbocycles. The van der Waals surface area contributed by atoms with E-state index in [0.717, 1.165) is 0 Å². The van der Waals surface area contributed by atoms with Gasteiger partial charge in [-0.25, -0.2) is 13.2 Å². The minimum atomic E-state index is -3.94. The van der Waals surface area contributed by atoms with E-state index in [2.05, 4.69) is 15.9 Å². The molecule has 0 radical (unpaired) electrons. The number of rotatable bonds is 6. The summed E-state index contributed by atoms with van der Waals surface area (Å²) in [5.74, 6) is -0.623. The highest BCUT2D eigenvalue weighted by Gasteiger charge is 2.22. The van der Waals surface area contributed by atoms with Gasteiger partial charge in [-0.1, -0.05) is 15.9 Å². The SMILES string of the molecule is CCOCC(C)OC(=O)c1cc(Br)cc(S(=O)(=O)Cl)c1C. The van der Waals surface area contributed by atoms with Crippen LogP contribution in [0.5, 0.6) is 0 Å². The normalized spacial score (nSPS) is 13.0. The Bertz CT molecular complexity index is 630. The summed E-state index contributed by atoms with van der Waals surface area (Å²) in [4.78, 5) is 12.0. The molecule has 0 aliphatic rings. The predicted molar refractivity (Wildman–Crippen MR) is 83.3 cm³/mol. The number of benzene rings is 1. The number of carbonyl (C=O) groups is 1. The van der Waals surface area contributed by atoms with E-state index in [4.69, 9.17) is 20.2 Å². The fourth-order valence-corrected chi connectivity index (χ4v) is 3.52. The fourth-order valence-electron chi connectivity index (χ4n) is 1.68. The van der Waals surface area contributed by atoms with Crippen molar-refractivity contribution in [2.45, 2.75) is 31.8 Å². The Morgan fingerprint density at radius 3 is 2.57 bits per heavy atom. The van der Waals surface area contributed by atoms with Crippen molar-refractivity contribution in [1.82, 2.24) is 0 Å². The topological polar surface area (TPSA) is 69.7 Å². The van der Waals surface area contributed by atoms with Crippen molar-refractivity contribution in [3.63, 3.8) is 0 Å². The van der Waals surface area contributed by atoms with Gasteiger partial charge in [0.2, 0.25) is 0 Å². The summed E-state index contributed by atoms with van der Waals surface area (Å²) >= 11 is 3.16. The second-order valence-corrected chi connectivity index (χ2v) is 7.84. The fraction of sp³-hybridized carbons (Fsp3) is 0.462. The minimum Gasteiger partial charge on any atom is -0.457 e. The van der Waals surface area contributed by atoms with Gasteiger partial charge in [0.05, 0.1) is 17.1 Å². The van der Waals surface area contributed by atoms with Crippen molar-refractivity contribution >= 4 is 41.6 Å². The molecule has 0 aromatic heterocycles. The minimum absolute atomic E-state index is 0.122. The van der Waals surface area contributed by atoms with E-state index in [1.807, 2.05) is 6.92 Å². The van der Waals surface area contributed by atoms with Crippen molar-refractivity contribution in [2.24, 2.45) is 0 Å². The molecule has 1 aromatic rings. The Balaban J connectivity index is 3.08. The molecule has 118 valence electrons. The Kier molecular flexibility index (Phi) is 6.65. The van der Waals surface area contributed by atoms with E-state index in [1.54, 1.807) is 6.92 Å². The summed E-state index contributed by atoms with van der Waals surface area (Å²) in [7, 11) is 1.42. The van der Waals surface area contributed by atoms with Crippen LogP contribution in [-0.2, 0) is 18.5 Å². The number of ether oxygens (including phenoxy) is 2. The first kappa shape index (κ1) is 18.4. The van der Waals surface area contributed by atoms with Gasteiger partial charge in [0.1, 0.15) is 6.10 Å². The summed E-state index contributed by atoms with van der Waals surface area (Å²) in [5, 5.41) is 0. The zero-order valence-electron chi connectivity index (χ0n) is 11.9. The predicted octanol–water partition coefficient (Wildman–Crippen LogP) is 3.27. The van der Waals surface area contributed by atoms with Gasteiger partial charge < -0.3 is 9.47 Å². The number of carbonyl (C=O) groups excluding carboxylic acids is 1. The molecular formula is C13H16BrClO5S. The third kappa shape index (κ3) is 5.25. The summed E-state index contributed by atoms with van der Waals surface area (Å²) in [6.07, 6.45) is -0.438. The maximum atomic E-state index is 12.1. The molecule has 0 saturated heterocycles. The van der Waals surface area contributed by atoms with Gasteiger partial charge in [-0.2, -0.15) is 0 Å². The highest BCUT2D eigenvalue weighted by molar-refractivity contribution is 9.10. The number of hydrogen-bond acceptors (Lipinski definition) is 5. The van der Waals surface area contributed by atoms with Crippen LogP contribution in [0, 0.1) is 6.92 Å². The lowest BCUT2D eigenvalue weighted by atomic mass is 10.1. The summed E-state index contributed by atoms with van der Waals surface area (Å²) in [6, 6.07) is 2.84. The van der Waals surface area contributed by atoms with Crippen LogP contribution in [0.1, 0.15) is 29.8 Å². The Labute approximate surface area is 137 Å². The molecule has 0 fully saturated rings. The molecule has 0 amide bonds. The molecule has 1 unspecified atom stereocenters. The van der Waals surface area contributed by atoms with Crippen molar-refractivity contribution in [1.29, 1.82) is 0 Å². The van der Waals surface area contributed by atoms with E-state index >= 15 is 0 Å². The van der Waals surface area contributed by atoms with Gasteiger partial charge >= 0.3 is 5.97 Å². The summed E-state index contributed by atoms with van der Waals surface area (Å²) in [6.45, 7) is 5.83. The van der Waals surface area contributed by atoms with Crippen LogP contribution in [0.25, 0.3) is 0 Å². The lowest BCUT2D eigenvalue weighted by molar-refractivity contribution is 0.00430. The van der Waals surface area contributed by atoms with Gasteiger partial charge in [-0.15, -0.1) is 0 Å². The highest BCUT2D eigenvalue weighted by Crippen LogP contribution is 2.27. The van der Waals surface area contributed by atoms with Crippen LogP contribution in [0.4, 0.5) is 0 Å². The monoisotopic (exact) mass is 398 g/mol. The van der Waals surface area contributed by atoms with Crippen LogP contribution in [0.3, 0.4) is 0 Å². The van der Waals surface area contributed by atoms with Crippen LogP contribution in [0.15, 0.2) is 21.5 Å². The summed E-state index contributed by atoms with van der Waals surface area (Å²) in [5.41, 5.74) is 0.397. The van der Waals surface area contributed by atoms with E-state index in [0.29, 0.717) is 11.1 Å². The molecule has 0 bridgehead atoms. The summed E-state index contributed by atoms with van der Waals surface area (Å²) < 4.78 is 33.8. The molecule has 1 atom stereocenters. The largest absolute Gasteiger partial charge is 0.457 e. The van der Waals surface area contributed by atoms with Crippen molar-refractivity contribution in [2.75, 3.05) is 13.2 Å². The Hall–Kier alpha value is -0.630. The number of halogens is 2. The van der Waals surface area contributed by atoms with E-state index in [-0.39, 0.29) is 22.6 Å². The van der Waals surface area contributed by atoms with E-state index < -0.39 is 21.1 Å². The van der Waals surface area contributed by atoms with Crippen LogP contribution in [-0.4, -0.2) is 33.7 Å². The lowest BCUT2D eigenvalue weighted by Crippen LogP contribution is -2.21. The highest BCUT2D eigenvalue weighted by atomic mass is 79.9. The first-order valence-electron chi connectivity index (χ1n) is 6.20. The molecule has 0 spiro atoms. The number of hydrogen-bond donors (Lipinski definition) is 0. The van der Waals surface area contributed by atoms with Gasteiger partial charge in [-0.05, 0) is 38.5 Å². The van der Waals surface area contributed by atoms with Crippen molar-refractivity contribution in [3.8, 4) is 0 Å². The molecular weight excluding hydrogens is 384 g/mol. The standard InChI is InChI=1S/C13H16BrClO5S/c1-4-19-7-8(2)20-13(16)11-5-10(14)6-12(9(11)3)21(15,17)18/h5-6,8H,4,7H2,1-3H3. The third-order valence-corrected chi connectivity index (χ3v) is 4.58. The van der Waals surface area contributed by atoms with Crippen LogP contribution >= 0.6 is 26.6 Å². The van der Waals surface area contributed by atoms with Crippen LogP contribution < -0.4 is 0 Å². The van der Waals surface area contributed by atoms with Gasteiger partial charge in [0.25, 0.3) is 9.05 Å². The maximum absolute atomic E-state index is 12.1. The average Bonchev–Trinajstić information content (AvgIpc) is 2.37. The number of esters is 1. The smallest absolute Gasteiger partial charge is 0.338 e. The second-order valence-electron chi connectivity index (χ2n) is 4.39.